The number of nitrogens with one attached hydrogen (secondary N) is 2. The van der Waals surface area contributed by atoms with Crippen LogP contribution in [0.1, 0.15) is 0 Å². The van der Waals surface area contributed by atoms with E-state index in [1.165, 1.54) is 0 Å². The first-order chi connectivity index (χ1) is 6.72. The number of nitrogen functional groups attached to an aromatic ring is 1. The molecule has 74 valence electrons. The van der Waals surface area contributed by atoms with E-state index >= 15 is 0 Å². The zero-order valence-electron chi connectivity index (χ0n) is 7.45. The fraction of sp³-hybridized carbons (Fsp3) is 0.222. The molecule has 1 aromatic rings. The third-order valence-corrected chi connectivity index (χ3v) is 2.17. The van der Waals surface area contributed by atoms with E-state index in [4.69, 9.17) is 10.8 Å². The highest BCUT2D eigenvalue weighted by Crippen LogP contribution is 2.31. The Kier molecular flexibility index (Phi) is 2.01. The lowest BCUT2D eigenvalue weighted by Gasteiger charge is -2.26. The maximum absolute atomic E-state index is 11.4. The molecule has 0 spiro atoms. The lowest BCUT2D eigenvalue weighted by atomic mass is 10.1. The van der Waals surface area contributed by atoms with Crippen molar-refractivity contribution >= 4 is 23.0 Å². The molecule has 0 radical (unpaired) electrons. The van der Waals surface area contributed by atoms with Gasteiger partial charge in [0.2, 0.25) is 5.91 Å². The van der Waals surface area contributed by atoms with Crippen LogP contribution in [0.4, 0.5) is 17.1 Å². The average Bonchev–Trinajstić information content (AvgIpc) is 2.19. The number of rotatable bonds is 1. The summed E-state index contributed by atoms with van der Waals surface area (Å²) in [6, 6.07) is 4.70. The predicted molar refractivity (Wildman–Crippen MR) is 54.0 cm³/mol. The molecule has 0 saturated carbocycles. The standard InChI is InChI=1S/C9H11N3O2/c10-5-2-1-3-6-8(5)12-9(14)7(4-13)11-6/h1-3,7,11,13H,4,10H2,(H,12,14). The van der Waals surface area contributed by atoms with E-state index in [2.05, 4.69) is 10.6 Å². The molecule has 1 unspecified atom stereocenters. The monoisotopic (exact) mass is 193 g/mol. The van der Waals surface area contributed by atoms with Gasteiger partial charge in [-0.05, 0) is 12.1 Å². The Morgan fingerprint density at radius 3 is 3.00 bits per heavy atom. The van der Waals surface area contributed by atoms with Gasteiger partial charge in [-0.1, -0.05) is 6.07 Å². The molecular weight excluding hydrogens is 182 g/mol. The number of benzene rings is 1. The van der Waals surface area contributed by atoms with E-state index in [9.17, 15) is 4.79 Å². The van der Waals surface area contributed by atoms with Crippen molar-refractivity contribution < 1.29 is 9.90 Å². The number of carbonyl (C=O) groups is 1. The average molecular weight is 193 g/mol. The van der Waals surface area contributed by atoms with Crippen LogP contribution in [0.5, 0.6) is 0 Å². The molecule has 14 heavy (non-hydrogen) atoms. The van der Waals surface area contributed by atoms with Crippen molar-refractivity contribution in [3.05, 3.63) is 18.2 Å². The number of carbonyl (C=O) groups excluding carboxylic acids is 1. The molecule has 5 heteroatoms. The van der Waals surface area contributed by atoms with E-state index in [0.29, 0.717) is 11.4 Å². The lowest BCUT2D eigenvalue weighted by Crippen LogP contribution is -2.41. The van der Waals surface area contributed by atoms with Crippen LogP contribution in [-0.4, -0.2) is 23.7 Å². The summed E-state index contributed by atoms with van der Waals surface area (Å²) in [5.41, 5.74) is 7.51. The van der Waals surface area contributed by atoms with Gasteiger partial charge in [0.05, 0.1) is 23.7 Å². The number of aliphatic hydroxyl groups excluding tert-OH is 1. The molecule has 0 bridgehead atoms. The van der Waals surface area contributed by atoms with Gasteiger partial charge in [0, 0.05) is 0 Å². The zero-order chi connectivity index (χ0) is 10.1. The van der Waals surface area contributed by atoms with Crippen LogP contribution in [0.15, 0.2) is 18.2 Å². The fourth-order valence-electron chi connectivity index (χ4n) is 1.42. The number of hydrogen-bond acceptors (Lipinski definition) is 4. The maximum atomic E-state index is 11.4. The number of para-hydroxylation sites is 1. The van der Waals surface area contributed by atoms with Crippen LogP contribution in [0.3, 0.4) is 0 Å². The highest BCUT2D eigenvalue weighted by molar-refractivity contribution is 6.06. The molecule has 1 heterocycles. The number of nitrogens with two attached hydrogens (primary N) is 1. The Bertz CT molecular complexity index is 378. The first kappa shape index (κ1) is 8.83. The Labute approximate surface area is 80.9 Å². The van der Waals surface area contributed by atoms with E-state index in [1.54, 1.807) is 18.2 Å². The third kappa shape index (κ3) is 1.27. The minimum absolute atomic E-state index is 0.236. The van der Waals surface area contributed by atoms with Crippen molar-refractivity contribution in [3.63, 3.8) is 0 Å². The molecular formula is C9H11N3O2. The molecule has 5 nitrogen and oxygen atoms in total. The first-order valence-electron chi connectivity index (χ1n) is 4.29. The van der Waals surface area contributed by atoms with E-state index in [1.807, 2.05) is 0 Å². The van der Waals surface area contributed by atoms with Crippen LogP contribution in [0.2, 0.25) is 0 Å². The minimum atomic E-state index is -0.593. The molecule has 1 aliphatic heterocycles. The second-order valence-electron chi connectivity index (χ2n) is 3.14. The Morgan fingerprint density at radius 2 is 2.29 bits per heavy atom. The molecule has 1 aromatic carbocycles. The number of amides is 1. The third-order valence-electron chi connectivity index (χ3n) is 2.17. The van der Waals surface area contributed by atoms with Crippen molar-refractivity contribution in [2.45, 2.75) is 6.04 Å². The summed E-state index contributed by atoms with van der Waals surface area (Å²) in [6.45, 7) is -0.236. The molecule has 1 atom stereocenters. The van der Waals surface area contributed by atoms with Gasteiger partial charge in [0.15, 0.2) is 0 Å². The summed E-state index contributed by atoms with van der Waals surface area (Å²) in [5, 5.41) is 14.4. The second-order valence-corrected chi connectivity index (χ2v) is 3.14. The quantitative estimate of drug-likeness (QED) is 0.472. The number of hydrogen-bond donors (Lipinski definition) is 4. The molecule has 0 saturated heterocycles. The summed E-state index contributed by atoms with van der Waals surface area (Å²) in [5.74, 6) is -0.266. The fourth-order valence-corrected chi connectivity index (χ4v) is 1.42. The molecule has 0 fully saturated rings. The van der Waals surface area contributed by atoms with Crippen LogP contribution < -0.4 is 16.4 Å². The van der Waals surface area contributed by atoms with Gasteiger partial charge in [-0.15, -0.1) is 0 Å². The van der Waals surface area contributed by atoms with E-state index in [0.717, 1.165) is 5.69 Å². The number of fused-ring (bicyclic) bond motifs is 1. The maximum Gasteiger partial charge on any atom is 0.249 e. The van der Waals surface area contributed by atoms with Crippen LogP contribution >= 0.6 is 0 Å². The summed E-state index contributed by atoms with van der Waals surface area (Å²) in [7, 11) is 0. The largest absolute Gasteiger partial charge is 0.397 e. The Hall–Kier alpha value is -1.75. The van der Waals surface area contributed by atoms with Crippen molar-refractivity contribution in [1.29, 1.82) is 0 Å². The van der Waals surface area contributed by atoms with Crippen molar-refractivity contribution in [3.8, 4) is 0 Å². The molecule has 0 aliphatic carbocycles. The zero-order valence-corrected chi connectivity index (χ0v) is 7.45. The topological polar surface area (TPSA) is 87.4 Å². The molecule has 0 aromatic heterocycles. The van der Waals surface area contributed by atoms with E-state index in [-0.39, 0.29) is 12.5 Å². The Morgan fingerprint density at radius 1 is 1.50 bits per heavy atom. The summed E-state index contributed by atoms with van der Waals surface area (Å²) in [6.07, 6.45) is 0. The van der Waals surface area contributed by atoms with Gasteiger partial charge in [-0.3, -0.25) is 4.79 Å². The summed E-state index contributed by atoms with van der Waals surface area (Å²) < 4.78 is 0. The molecule has 1 amide bonds. The normalized spacial score (nSPS) is 19.5. The summed E-state index contributed by atoms with van der Waals surface area (Å²) >= 11 is 0. The molecule has 2 rings (SSSR count). The number of aliphatic hydroxyl groups is 1. The van der Waals surface area contributed by atoms with Crippen LogP contribution in [0, 0.1) is 0 Å². The van der Waals surface area contributed by atoms with Gasteiger partial charge >= 0.3 is 0 Å². The van der Waals surface area contributed by atoms with Crippen molar-refractivity contribution in [2.75, 3.05) is 23.0 Å². The van der Waals surface area contributed by atoms with Crippen LogP contribution in [-0.2, 0) is 4.79 Å². The van der Waals surface area contributed by atoms with Crippen molar-refractivity contribution in [1.82, 2.24) is 0 Å². The summed E-state index contributed by atoms with van der Waals surface area (Å²) in [4.78, 5) is 11.4. The van der Waals surface area contributed by atoms with Gasteiger partial charge in [0.1, 0.15) is 6.04 Å². The highest BCUT2D eigenvalue weighted by atomic mass is 16.3. The Balaban J connectivity index is 2.40. The van der Waals surface area contributed by atoms with E-state index < -0.39 is 6.04 Å². The SMILES string of the molecule is Nc1cccc2c1NC(=O)C(CO)N2. The minimum Gasteiger partial charge on any atom is -0.397 e. The molecule has 1 aliphatic rings. The van der Waals surface area contributed by atoms with Gasteiger partial charge < -0.3 is 21.5 Å². The number of anilines is 3. The van der Waals surface area contributed by atoms with Crippen molar-refractivity contribution in [2.24, 2.45) is 0 Å². The van der Waals surface area contributed by atoms with Gasteiger partial charge in [0.25, 0.3) is 0 Å². The second kappa shape index (κ2) is 3.19. The van der Waals surface area contributed by atoms with Gasteiger partial charge in [-0.2, -0.15) is 0 Å². The lowest BCUT2D eigenvalue weighted by molar-refractivity contribution is -0.117. The predicted octanol–water partition coefficient (Wildman–Crippen LogP) is -0.00630. The van der Waals surface area contributed by atoms with Crippen LogP contribution in [0.25, 0.3) is 0 Å². The van der Waals surface area contributed by atoms with Gasteiger partial charge in [-0.25, -0.2) is 0 Å². The first-order valence-corrected chi connectivity index (χ1v) is 4.29. The molecule has 5 N–H and O–H groups in total. The highest BCUT2D eigenvalue weighted by Gasteiger charge is 2.25. The smallest absolute Gasteiger partial charge is 0.249 e.